The lowest BCUT2D eigenvalue weighted by molar-refractivity contribution is -0.139. The Kier molecular flexibility index (Phi) is 10.8. The van der Waals surface area contributed by atoms with E-state index in [0.29, 0.717) is 32.5 Å². The van der Waals surface area contributed by atoms with Gasteiger partial charge in [-0.25, -0.2) is 0 Å². The summed E-state index contributed by atoms with van der Waals surface area (Å²) in [5.41, 5.74) is 8.81. The summed E-state index contributed by atoms with van der Waals surface area (Å²) < 4.78 is 0. The van der Waals surface area contributed by atoms with Gasteiger partial charge in [-0.05, 0) is 87.3 Å². The lowest BCUT2D eigenvalue weighted by atomic mass is 9.73. The summed E-state index contributed by atoms with van der Waals surface area (Å²) in [5, 5.41) is 5.90. The molecule has 2 aromatic carbocycles. The van der Waals surface area contributed by atoms with Crippen LogP contribution in [0.5, 0.6) is 0 Å². The monoisotopic (exact) mass is 568 g/mol. The summed E-state index contributed by atoms with van der Waals surface area (Å²) in [7, 11) is 0. The van der Waals surface area contributed by atoms with Crippen molar-refractivity contribution in [3.63, 3.8) is 0 Å². The Morgan fingerprint density at radius 3 is 2.35 bits per heavy atom. The molecule has 0 bridgehead atoms. The van der Waals surface area contributed by atoms with E-state index in [9.17, 15) is 14.4 Å². The van der Waals surface area contributed by atoms with Gasteiger partial charge < -0.3 is 21.3 Å². The van der Waals surface area contributed by atoms with Gasteiger partial charge in [-0.3, -0.25) is 14.4 Å². The van der Waals surface area contributed by atoms with Crippen molar-refractivity contribution in [3.05, 3.63) is 71.3 Å². The van der Waals surface area contributed by atoms with Gasteiger partial charge in [-0.1, -0.05) is 54.6 Å². The highest BCUT2D eigenvalue weighted by molar-refractivity contribution is 5.91. The van der Waals surface area contributed by atoms with Gasteiger partial charge in [0.25, 0.3) is 0 Å². The Labute approximate surface area is 245 Å². The van der Waals surface area contributed by atoms with Gasteiger partial charge in [-0.2, -0.15) is 0 Å². The first-order valence-electron chi connectivity index (χ1n) is 14.4. The maximum Gasteiger partial charge on any atom is 0.245 e. The Morgan fingerprint density at radius 1 is 1.05 bits per heavy atom. The fraction of sp³-hybridized carbons (Fsp3) is 0.531. The standard InChI is InChI=1S/C32H44N4O3.ClH/c1-4-34-28(37)21-24-22-32(26-15-9-8-14-25(24)26)17-19-36(20-18-32)29(38)27(35-30(39)31(2,3)33)16-10-13-23-11-6-5-7-12-23;/h5-9,11-12,14-15,24,27H,4,10,13,16-22,33H2,1-3H3,(H,34,37)(H,35,39);1H/t24?,27-;/m1./s1. The van der Waals surface area contributed by atoms with Gasteiger partial charge >= 0.3 is 0 Å². The van der Waals surface area contributed by atoms with Crippen LogP contribution in [0, 0.1) is 0 Å². The number of piperidine rings is 1. The second kappa shape index (κ2) is 13.6. The lowest BCUT2D eigenvalue weighted by Crippen LogP contribution is -2.57. The molecule has 4 rings (SSSR count). The average Bonchev–Trinajstić information content (AvgIpc) is 3.20. The molecule has 2 atom stereocenters. The molecule has 40 heavy (non-hydrogen) atoms. The molecule has 1 unspecified atom stereocenters. The van der Waals surface area contributed by atoms with Gasteiger partial charge in [0.15, 0.2) is 0 Å². The minimum absolute atomic E-state index is 0. The molecule has 218 valence electrons. The molecule has 0 radical (unpaired) electrons. The fourth-order valence-corrected chi connectivity index (χ4v) is 6.31. The maximum atomic E-state index is 13.8. The van der Waals surface area contributed by atoms with Crippen LogP contribution in [0.3, 0.4) is 0 Å². The van der Waals surface area contributed by atoms with Crippen LogP contribution in [0.15, 0.2) is 54.6 Å². The second-order valence-corrected chi connectivity index (χ2v) is 11.9. The Balaban J connectivity index is 0.00000441. The summed E-state index contributed by atoms with van der Waals surface area (Å²) in [6.07, 6.45) is 5.35. The predicted molar refractivity (Wildman–Crippen MR) is 161 cm³/mol. The number of aryl methyl sites for hydroxylation is 1. The van der Waals surface area contributed by atoms with Crippen LogP contribution in [-0.2, 0) is 26.2 Å². The molecule has 1 saturated heterocycles. The predicted octanol–water partition coefficient (Wildman–Crippen LogP) is 4.23. The van der Waals surface area contributed by atoms with E-state index in [-0.39, 0.29) is 41.5 Å². The molecule has 1 spiro atoms. The zero-order valence-corrected chi connectivity index (χ0v) is 24.9. The average molecular weight is 569 g/mol. The molecule has 2 aromatic rings. The van der Waals surface area contributed by atoms with Crippen LogP contribution < -0.4 is 16.4 Å². The molecule has 1 aliphatic heterocycles. The quantitative estimate of drug-likeness (QED) is 0.399. The van der Waals surface area contributed by atoms with Crippen molar-refractivity contribution in [3.8, 4) is 0 Å². The van der Waals surface area contributed by atoms with Crippen molar-refractivity contribution in [2.24, 2.45) is 5.73 Å². The molecule has 0 saturated carbocycles. The van der Waals surface area contributed by atoms with Gasteiger partial charge in [0.05, 0.1) is 5.54 Å². The first-order chi connectivity index (χ1) is 18.6. The number of carbonyl (C=O) groups excluding carboxylic acids is 3. The molecule has 7 nitrogen and oxygen atoms in total. The molecule has 0 aromatic heterocycles. The highest BCUT2D eigenvalue weighted by atomic mass is 35.5. The Bertz CT molecular complexity index is 1160. The number of nitrogens with two attached hydrogens (primary N) is 1. The van der Waals surface area contributed by atoms with Crippen LogP contribution in [-0.4, -0.2) is 53.8 Å². The normalized spacial score (nSPS) is 18.4. The summed E-state index contributed by atoms with van der Waals surface area (Å²) in [5.74, 6) is -0.0432. The number of benzene rings is 2. The van der Waals surface area contributed by atoms with Crippen LogP contribution in [0.25, 0.3) is 0 Å². The van der Waals surface area contributed by atoms with Crippen molar-refractivity contribution >= 4 is 30.1 Å². The molecule has 1 heterocycles. The van der Waals surface area contributed by atoms with Crippen LogP contribution in [0.4, 0.5) is 0 Å². The van der Waals surface area contributed by atoms with Crippen molar-refractivity contribution in [1.82, 2.24) is 15.5 Å². The van der Waals surface area contributed by atoms with E-state index in [1.807, 2.05) is 30.0 Å². The zero-order chi connectivity index (χ0) is 28.0. The van der Waals surface area contributed by atoms with E-state index >= 15 is 0 Å². The number of likely N-dealkylation sites (tertiary alicyclic amines) is 1. The molecular formula is C32H45ClN4O3. The summed E-state index contributed by atoms with van der Waals surface area (Å²) in [6.45, 7) is 7.18. The van der Waals surface area contributed by atoms with E-state index in [0.717, 1.165) is 32.1 Å². The number of halogens is 1. The first-order valence-corrected chi connectivity index (χ1v) is 14.4. The smallest absolute Gasteiger partial charge is 0.245 e. The fourth-order valence-electron chi connectivity index (χ4n) is 6.31. The number of amides is 3. The lowest BCUT2D eigenvalue weighted by Gasteiger charge is -2.41. The largest absolute Gasteiger partial charge is 0.356 e. The van der Waals surface area contributed by atoms with E-state index in [1.165, 1.54) is 16.7 Å². The van der Waals surface area contributed by atoms with Crippen molar-refractivity contribution < 1.29 is 14.4 Å². The van der Waals surface area contributed by atoms with E-state index in [1.54, 1.807) is 13.8 Å². The number of rotatable bonds is 10. The molecule has 2 aliphatic rings. The maximum absolute atomic E-state index is 13.8. The topological polar surface area (TPSA) is 105 Å². The molecule has 1 aliphatic carbocycles. The summed E-state index contributed by atoms with van der Waals surface area (Å²) >= 11 is 0. The SMILES string of the molecule is CCNC(=O)CC1CC2(CCN(C(=O)[C@@H](CCCc3ccccc3)NC(=O)C(C)(C)N)CC2)c2ccccc21.Cl. The first kappa shape index (κ1) is 31.6. The third-order valence-corrected chi connectivity index (χ3v) is 8.44. The Morgan fingerprint density at radius 2 is 1.70 bits per heavy atom. The van der Waals surface area contributed by atoms with E-state index in [4.69, 9.17) is 5.73 Å². The van der Waals surface area contributed by atoms with Crippen molar-refractivity contribution in [2.75, 3.05) is 19.6 Å². The number of hydrogen-bond donors (Lipinski definition) is 3. The molecule has 4 N–H and O–H groups in total. The Hall–Kier alpha value is -2.90. The van der Waals surface area contributed by atoms with Gasteiger partial charge in [0.1, 0.15) is 6.04 Å². The van der Waals surface area contributed by atoms with Crippen LogP contribution >= 0.6 is 12.4 Å². The number of carbonyl (C=O) groups is 3. The number of nitrogens with zero attached hydrogens (tertiary/aromatic N) is 1. The molecular weight excluding hydrogens is 524 g/mol. The third-order valence-electron chi connectivity index (χ3n) is 8.44. The number of fused-ring (bicyclic) bond motifs is 2. The molecule has 8 heteroatoms. The second-order valence-electron chi connectivity index (χ2n) is 11.9. The van der Waals surface area contributed by atoms with Gasteiger partial charge in [0, 0.05) is 26.1 Å². The summed E-state index contributed by atoms with van der Waals surface area (Å²) in [6, 6.07) is 18.1. The van der Waals surface area contributed by atoms with Gasteiger partial charge in [0.2, 0.25) is 17.7 Å². The third kappa shape index (κ3) is 7.43. The van der Waals surface area contributed by atoms with Crippen LogP contribution in [0.1, 0.15) is 81.9 Å². The highest BCUT2D eigenvalue weighted by Crippen LogP contribution is 2.52. The zero-order valence-electron chi connectivity index (χ0n) is 24.1. The molecule has 1 fully saturated rings. The number of hydrogen-bond acceptors (Lipinski definition) is 4. The minimum atomic E-state index is -1.06. The highest BCUT2D eigenvalue weighted by Gasteiger charge is 2.46. The summed E-state index contributed by atoms with van der Waals surface area (Å²) in [4.78, 5) is 40.9. The van der Waals surface area contributed by atoms with Crippen LogP contribution in [0.2, 0.25) is 0 Å². The van der Waals surface area contributed by atoms with Gasteiger partial charge in [-0.15, -0.1) is 12.4 Å². The minimum Gasteiger partial charge on any atom is -0.356 e. The van der Waals surface area contributed by atoms with E-state index in [2.05, 4.69) is 47.0 Å². The van der Waals surface area contributed by atoms with E-state index < -0.39 is 11.6 Å². The van der Waals surface area contributed by atoms with Crippen molar-refractivity contribution in [2.45, 2.75) is 88.6 Å². The van der Waals surface area contributed by atoms with Crippen molar-refractivity contribution in [1.29, 1.82) is 0 Å². The molecule has 3 amide bonds. The number of nitrogens with one attached hydrogen (secondary N) is 2.